The molecule has 0 unspecified atom stereocenters. The van der Waals surface area contributed by atoms with Gasteiger partial charge in [0.2, 0.25) is 5.88 Å². The highest BCUT2D eigenvalue weighted by atomic mass is 16.5. The molecule has 0 radical (unpaired) electrons. The van der Waals surface area contributed by atoms with E-state index >= 15 is 0 Å². The summed E-state index contributed by atoms with van der Waals surface area (Å²) in [5, 5.41) is 17.9. The van der Waals surface area contributed by atoms with E-state index in [0.29, 0.717) is 23.4 Å². The van der Waals surface area contributed by atoms with Gasteiger partial charge in [-0.1, -0.05) is 6.07 Å². The Kier molecular flexibility index (Phi) is 5.53. The Hall–Kier alpha value is -3.39. The van der Waals surface area contributed by atoms with E-state index in [1.165, 1.54) is 4.90 Å². The largest absolute Gasteiger partial charge is 0.465 e. The van der Waals surface area contributed by atoms with Gasteiger partial charge in [-0.15, -0.1) is 0 Å². The van der Waals surface area contributed by atoms with E-state index < -0.39 is 6.09 Å². The number of nitrogens with zero attached hydrogens (tertiary/aromatic N) is 4. The Morgan fingerprint density at radius 2 is 2.03 bits per heavy atom. The highest BCUT2D eigenvalue weighted by Gasteiger charge is 2.32. The van der Waals surface area contributed by atoms with E-state index in [1.807, 2.05) is 48.1 Å². The molecule has 2 aromatic heterocycles. The molecule has 0 saturated carbocycles. The van der Waals surface area contributed by atoms with Crippen LogP contribution in [0.3, 0.4) is 0 Å². The number of piperidine rings is 1. The van der Waals surface area contributed by atoms with Gasteiger partial charge in [0.25, 0.3) is 0 Å². The van der Waals surface area contributed by atoms with E-state index in [4.69, 9.17) is 4.74 Å². The number of carboxylic acid groups (broad SMARTS) is 1. The number of carbonyl (C=O) groups is 1. The number of nitrogens with one attached hydrogen (secondary N) is 1. The van der Waals surface area contributed by atoms with Crippen molar-refractivity contribution in [1.29, 1.82) is 0 Å². The number of fused-ring (bicyclic) bond motifs is 1. The molecule has 166 valence electrons. The van der Waals surface area contributed by atoms with Gasteiger partial charge < -0.3 is 15.2 Å². The van der Waals surface area contributed by atoms with Crippen LogP contribution in [-0.4, -0.2) is 45.1 Å². The minimum absolute atomic E-state index is 0.0868. The van der Waals surface area contributed by atoms with Crippen molar-refractivity contribution in [2.24, 2.45) is 0 Å². The molecule has 2 N–H and O–H groups in total. The fourth-order valence-corrected chi connectivity index (χ4v) is 4.70. The Labute approximate surface area is 186 Å². The molecule has 1 aromatic carbocycles. The molecule has 2 aliphatic heterocycles. The van der Waals surface area contributed by atoms with Crippen molar-refractivity contribution in [2.75, 3.05) is 18.0 Å². The highest BCUT2D eigenvalue weighted by Crippen LogP contribution is 2.44. The van der Waals surface area contributed by atoms with Gasteiger partial charge in [-0.25, -0.2) is 9.78 Å². The van der Waals surface area contributed by atoms with E-state index in [0.717, 1.165) is 55.5 Å². The van der Waals surface area contributed by atoms with Gasteiger partial charge in [0.05, 0.1) is 17.9 Å². The summed E-state index contributed by atoms with van der Waals surface area (Å²) >= 11 is 0. The number of amides is 1. The number of ether oxygens (including phenoxy) is 1. The van der Waals surface area contributed by atoms with Crippen LogP contribution in [-0.2, 0) is 6.42 Å². The molecule has 1 amide bonds. The third-order valence-corrected chi connectivity index (χ3v) is 6.39. The van der Waals surface area contributed by atoms with Gasteiger partial charge >= 0.3 is 6.09 Å². The average Bonchev–Trinajstić information content (AvgIpc) is 3.30. The summed E-state index contributed by atoms with van der Waals surface area (Å²) in [7, 11) is 0. The zero-order valence-electron chi connectivity index (χ0n) is 18.1. The van der Waals surface area contributed by atoms with Crippen molar-refractivity contribution in [3.05, 3.63) is 54.5 Å². The number of anilines is 1. The molecular weight excluding hydrogens is 406 g/mol. The first-order valence-electron chi connectivity index (χ1n) is 11.1. The third kappa shape index (κ3) is 3.82. The molecule has 8 nitrogen and oxygen atoms in total. The van der Waals surface area contributed by atoms with Crippen LogP contribution in [0.25, 0.3) is 11.1 Å². The predicted molar refractivity (Wildman–Crippen MR) is 121 cm³/mol. The van der Waals surface area contributed by atoms with E-state index in [2.05, 4.69) is 21.6 Å². The van der Waals surface area contributed by atoms with Crippen LogP contribution in [0, 0.1) is 0 Å². The van der Waals surface area contributed by atoms with Crippen molar-refractivity contribution in [1.82, 2.24) is 20.1 Å². The molecule has 1 saturated heterocycles. The number of pyridine rings is 1. The normalized spacial score (nSPS) is 18.9. The van der Waals surface area contributed by atoms with Crippen LogP contribution in [0.5, 0.6) is 11.6 Å². The first-order valence-corrected chi connectivity index (χ1v) is 11.1. The molecule has 2 aliphatic rings. The Bertz CT molecular complexity index is 1110. The number of hydrogen-bond donors (Lipinski definition) is 2. The van der Waals surface area contributed by atoms with Crippen molar-refractivity contribution < 1.29 is 14.6 Å². The summed E-state index contributed by atoms with van der Waals surface area (Å²) in [5.41, 5.74) is 3.42. The summed E-state index contributed by atoms with van der Waals surface area (Å²) in [6, 6.07) is 9.64. The number of hydrogen-bond acceptors (Lipinski definition) is 5. The molecule has 8 heteroatoms. The summed E-state index contributed by atoms with van der Waals surface area (Å²) in [6.07, 6.45) is 8.24. The SMILES string of the molecule is C[C@H]1CCc2c(ccc(-c3cnn(C4CCNCC4)c3)c2Oc2ccccn2)N1C(=O)O. The fraction of sp³-hybridized carbons (Fsp3) is 0.375. The van der Waals surface area contributed by atoms with Gasteiger partial charge in [0.1, 0.15) is 5.75 Å². The molecule has 0 bridgehead atoms. The van der Waals surface area contributed by atoms with Gasteiger partial charge in [-0.3, -0.25) is 9.58 Å². The molecule has 3 aromatic rings. The van der Waals surface area contributed by atoms with Crippen molar-refractivity contribution >= 4 is 11.8 Å². The second-order valence-corrected chi connectivity index (χ2v) is 8.44. The van der Waals surface area contributed by atoms with Crippen LogP contribution in [0.2, 0.25) is 0 Å². The predicted octanol–water partition coefficient (Wildman–Crippen LogP) is 4.48. The molecule has 4 heterocycles. The van der Waals surface area contributed by atoms with Gasteiger partial charge in [-0.05, 0) is 63.9 Å². The third-order valence-electron chi connectivity index (χ3n) is 6.39. The zero-order chi connectivity index (χ0) is 22.1. The molecule has 32 heavy (non-hydrogen) atoms. The lowest BCUT2D eigenvalue weighted by Gasteiger charge is -2.34. The van der Waals surface area contributed by atoms with E-state index in [9.17, 15) is 9.90 Å². The van der Waals surface area contributed by atoms with Crippen molar-refractivity contribution in [2.45, 2.75) is 44.7 Å². The number of benzene rings is 1. The quantitative estimate of drug-likeness (QED) is 0.630. The maximum absolute atomic E-state index is 12.0. The molecule has 1 fully saturated rings. The monoisotopic (exact) mass is 433 g/mol. The molecular formula is C24H27N5O3. The lowest BCUT2D eigenvalue weighted by Crippen LogP contribution is -2.41. The van der Waals surface area contributed by atoms with Crippen LogP contribution in [0.15, 0.2) is 48.9 Å². The topological polar surface area (TPSA) is 92.5 Å². The molecule has 1 atom stereocenters. The van der Waals surface area contributed by atoms with E-state index in [-0.39, 0.29) is 6.04 Å². The lowest BCUT2D eigenvalue weighted by molar-refractivity contribution is 0.198. The van der Waals surface area contributed by atoms with Crippen molar-refractivity contribution in [3.8, 4) is 22.8 Å². The lowest BCUT2D eigenvalue weighted by atomic mass is 9.92. The molecule has 5 rings (SSSR count). The van der Waals surface area contributed by atoms with Gasteiger partial charge in [0, 0.05) is 41.2 Å². The van der Waals surface area contributed by atoms with Gasteiger partial charge in [0.15, 0.2) is 0 Å². The first-order chi connectivity index (χ1) is 15.6. The van der Waals surface area contributed by atoms with E-state index in [1.54, 1.807) is 6.20 Å². The number of rotatable bonds is 4. The maximum atomic E-state index is 12.0. The summed E-state index contributed by atoms with van der Waals surface area (Å²) < 4.78 is 8.35. The average molecular weight is 434 g/mol. The van der Waals surface area contributed by atoms with Crippen LogP contribution in [0.4, 0.5) is 10.5 Å². The first kappa shape index (κ1) is 20.5. The molecule has 0 spiro atoms. The smallest absolute Gasteiger partial charge is 0.412 e. The highest BCUT2D eigenvalue weighted by molar-refractivity contribution is 5.91. The number of aromatic nitrogens is 3. The second kappa shape index (κ2) is 8.63. The van der Waals surface area contributed by atoms with Crippen LogP contribution < -0.4 is 15.0 Å². The Morgan fingerprint density at radius 3 is 2.78 bits per heavy atom. The standard InChI is InChI=1S/C24H27N5O3/c1-16-5-6-20-21(29(16)24(30)31)8-7-19(23(20)32-22-4-2-3-11-26-22)17-14-27-28(15-17)18-9-12-25-13-10-18/h2-4,7-8,11,14-16,18,25H,5-6,9-10,12-13H2,1H3,(H,30,31)/t16-/m0/s1. The fourth-order valence-electron chi connectivity index (χ4n) is 4.70. The minimum Gasteiger partial charge on any atom is -0.465 e. The van der Waals surface area contributed by atoms with Crippen LogP contribution >= 0.6 is 0 Å². The Morgan fingerprint density at radius 1 is 1.19 bits per heavy atom. The van der Waals surface area contributed by atoms with Gasteiger partial charge in [-0.2, -0.15) is 5.10 Å². The zero-order valence-corrected chi connectivity index (χ0v) is 18.1. The van der Waals surface area contributed by atoms with Crippen molar-refractivity contribution in [3.63, 3.8) is 0 Å². The second-order valence-electron chi connectivity index (χ2n) is 8.44. The minimum atomic E-state index is -0.950. The molecule has 0 aliphatic carbocycles. The summed E-state index contributed by atoms with van der Waals surface area (Å²) in [5.74, 6) is 1.14. The van der Waals surface area contributed by atoms with Crippen LogP contribution in [0.1, 0.15) is 37.8 Å². The summed E-state index contributed by atoms with van der Waals surface area (Å²) in [6.45, 7) is 3.93. The Balaban J connectivity index is 1.59. The maximum Gasteiger partial charge on any atom is 0.412 e. The summed E-state index contributed by atoms with van der Waals surface area (Å²) in [4.78, 5) is 17.7.